The molecule has 0 aliphatic heterocycles. The molecule has 0 fully saturated rings. The van der Waals surface area contributed by atoms with Crippen LogP contribution in [-0.2, 0) is 4.74 Å². The molecule has 1 aromatic rings. The molecular weight excluding hydrogens is 274 g/mol. The number of amides is 1. The number of hydrogen-bond acceptors (Lipinski definition) is 5. The van der Waals surface area contributed by atoms with Crippen LogP contribution in [0.5, 0.6) is 11.5 Å². The number of aliphatic hydroxyl groups is 1. The summed E-state index contributed by atoms with van der Waals surface area (Å²) in [4.78, 5) is 13.8. The van der Waals surface area contributed by atoms with Crippen molar-refractivity contribution in [3.63, 3.8) is 0 Å². The fourth-order valence-electron chi connectivity index (χ4n) is 1.94. The van der Waals surface area contributed by atoms with Gasteiger partial charge in [0.2, 0.25) is 0 Å². The van der Waals surface area contributed by atoms with E-state index in [0.717, 1.165) is 0 Å². The van der Waals surface area contributed by atoms with Gasteiger partial charge in [-0.1, -0.05) is 0 Å². The molecule has 0 aliphatic rings. The summed E-state index contributed by atoms with van der Waals surface area (Å²) in [5.41, 5.74) is 0.478. The first kappa shape index (κ1) is 17.3. The summed E-state index contributed by atoms with van der Waals surface area (Å²) in [6.07, 6.45) is -0.714. The zero-order chi connectivity index (χ0) is 15.8. The Balaban J connectivity index is 2.84. The van der Waals surface area contributed by atoms with Crippen molar-refractivity contribution in [3.8, 4) is 11.5 Å². The summed E-state index contributed by atoms with van der Waals surface area (Å²) < 4.78 is 15.5. The van der Waals surface area contributed by atoms with Crippen LogP contribution in [0.25, 0.3) is 0 Å². The van der Waals surface area contributed by atoms with Crippen molar-refractivity contribution in [3.05, 3.63) is 23.8 Å². The molecule has 1 amide bonds. The fourth-order valence-corrected chi connectivity index (χ4v) is 1.94. The smallest absolute Gasteiger partial charge is 0.253 e. The first-order valence-corrected chi connectivity index (χ1v) is 6.76. The van der Waals surface area contributed by atoms with E-state index >= 15 is 0 Å². The topological polar surface area (TPSA) is 68.2 Å². The molecule has 0 bridgehead atoms. The summed E-state index contributed by atoms with van der Waals surface area (Å²) in [7, 11) is 4.68. The van der Waals surface area contributed by atoms with E-state index in [0.29, 0.717) is 23.7 Å². The number of benzene rings is 1. The molecule has 0 heterocycles. The van der Waals surface area contributed by atoms with Crippen molar-refractivity contribution in [2.45, 2.75) is 13.0 Å². The summed E-state index contributed by atoms with van der Waals surface area (Å²) in [5.74, 6) is 0.904. The van der Waals surface area contributed by atoms with Gasteiger partial charge in [-0.2, -0.15) is 0 Å². The molecule has 0 spiro atoms. The average molecular weight is 297 g/mol. The van der Waals surface area contributed by atoms with Crippen molar-refractivity contribution >= 4 is 5.91 Å². The molecule has 0 radical (unpaired) electrons. The molecule has 6 heteroatoms. The van der Waals surface area contributed by atoms with Crippen LogP contribution in [0.3, 0.4) is 0 Å². The molecule has 1 atom stereocenters. The van der Waals surface area contributed by atoms with Crippen molar-refractivity contribution in [1.82, 2.24) is 4.90 Å². The lowest BCUT2D eigenvalue weighted by Crippen LogP contribution is -2.36. The molecule has 6 nitrogen and oxygen atoms in total. The number of nitrogens with zero attached hydrogens (tertiary/aromatic N) is 1. The van der Waals surface area contributed by atoms with Gasteiger partial charge < -0.3 is 24.2 Å². The third-order valence-corrected chi connectivity index (χ3v) is 2.90. The van der Waals surface area contributed by atoms with Gasteiger partial charge in [0.05, 0.1) is 26.4 Å². The SMILES string of the molecule is CCOc1cc(C(=O)N(C)CC(O)COC)ccc1OC. The van der Waals surface area contributed by atoms with Crippen LogP contribution < -0.4 is 9.47 Å². The highest BCUT2D eigenvalue weighted by molar-refractivity contribution is 5.94. The van der Waals surface area contributed by atoms with E-state index in [1.807, 2.05) is 6.92 Å². The third kappa shape index (κ3) is 4.91. The van der Waals surface area contributed by atoms with E-state index < -0.39 is 6.10 Å². The second-order valence-electron chi connectivity index (χ2n) is 4.59. The number of hydrogen-bond donors (Lipinski definition) is 1. The standard InChI is InChI=1S/C15H23NO5/c1-5-21-14-8-11(6-7-13(14)20-4)15(18)16(2)9-12(17)10-19-3/h6-8,12,17H,5,9-10H2,1-4H3. The Morgan fingerprint density at radius 3 is 2.62 bits per heavy atom. The van der Waals surface area contributed by atoms with Gasteiger partial charge in [-0.15, -0.1) is 0 Å². The second kappa shape index (κ2) is 8.49. The Bertz CT molecular complexity index is 463. The Morgan fingerprint density at radius 2 is 2.05 bits per heavy atom. The highest BCUT2D eigenvalue weighted by Crippen LogP contribution is 2.28. The summed E-state index contributed by atoms with van der Waals surface area (Å²) in [6.45, 7) is 2.73. The number of rotatable bonds is 8. The van der Waals surface area contributed by atoms with Gasteiger partial charge in [0.1, 0.15) is 0 Å². The first-order valence-electron chi connectivity index (χ1n) is 6.76. The van der Waals surface area contributed by atoms with Gasteiger partial charge in [0.25, 0.3) is 5.91 Å². The van der Waals surface area contributed by atoms with Crippen LogP contribution in [0.15, 0.2) is 18.2 Å². The number of methoxy groups -OCH3 is 2. The number of ether oxygens (including phenoxy) is 3. The predicted molar refractivity (Wildman–Crippen MR) is 79.0 cm³/mol. The minimum absolute atomic E-state index is 0.185. The maximum absolute atomic E-state index is 12.3. The number of likely N-dealkylation sites (N-methyl/N-ethyl adjacent to an activating group) is 1. The van der Waals surface area contributed by atoms with E-state index in [-0.39, 0.29) is 19.1 Å². The highest BCUT2D eigenvalue weighted by Gasteiger charge is 2.17. The van der Waals surface area contributed by atoms with E-state index in [9.17, 15) is 9.90 Å². The Labute approximate surface area is 125 Å². The van der Waals surface area contributed by atoms with Gasteiger partial charge in [0.15, 0.2) is 11.5 Å². The molecule has 1 rings (SSSR count). The minimum Gasteiger partial charge on any atom is -0.493 e. The molecule has 0 aromatic heterocycles. The molecule has 1 unspecified atom stereocenters. The zero-order valence-electron chi connectivity index (χ0n) is 13.0. The van der Waals surface area contributed by atoms with Crippen molar-refractivity contribution in [1.29, 1.82) is 0 Å². The monoisotopic (exact) mass is 297 g/mol. The largest absolute Gasteiger partial charge is 0.493 e. The molecule has 1 aromatic carbocycles. The molecule has 1 N–H and O–H groups in total. The molecule has 0 aliphatic carbocycles. The van der Waals surface area contributed by atoms with Crippen LogP contribution in [-0.4, -0.2) is 63.0 Å². The molecular formula is C15H23NO5. The van der Waals surface area contributed by atoms with Gasteiger partial charge >= 0.3 is 0 Å². The van der Waals surface area contributed by atoms with Crippen molar-refractivity contribution in [2.24, 2.45) is 0 Å². The Hall–Kier alpha value is -1.79. The number of carbonyl (C=O) groups is 1. The average Bonchev–Trinajstić information content (AvgIpc) is 2.46. The Kier molecular flexibility index (Phi) is 6.98. The minimum atomic E-state index is -0.714. The van der Waals surface area contributed by atoms with Crippen LogP contribution in [0.4, 0.5) is 0 Å². The lowest BCUT2D eigenvalue weighted by atomic mass is 10.1. The first-order chi connectivity index (χ1) is 10.0. The molecule has 0 saturated carbocycles. The predicted octanol–water partition coefficient (Wildman–Crippen LogP) is 1.17. The quantitative estimate of drug-likeness (QED) is 0.780. The summed E-state index contributed by atoms with van der Waals surface area (Å²) in [5, 5.41) is 9.67. The normalized spacial score (nSPS) is 11.9. The molecule has 0 saturated heterocycles. The van der Waals surface area contributed by atoms with Gasteiger partial charge in [-0.25, -0.2) is 0 Å². The van der Waals surface area contributed by atoms with E-state index in [4.69, 9.17) is 14.2 Å². The van der Waals surface area contributed by atoms with Crippen LogP contribution >= 0.6 is 0 Å². The number of carbonyl (C=O) groups excluding carboxylic acids is 1. The lowest BCUT2D eigenvalue weighted by molar-refractivity contribution is 0.0380. The third-order valence-electron chi connectivity index (χ3n) is 2.90. The van der Waals surface area contributed by atoms with E-state index in [1.54, 1.807) is 32.4 Å². The van der Waals surface area contributed by atoms with Crippen LogP contribution in [0, 0.1) is 0 Å². The Morgan fingerprint density at radius 1 is 1.33 bits per heavy atom. The highest BCUT2D eigenvalue weighted by atomic mass is 16.5. The maximum Gasteiger partial charge on any atom is 0.253 e. The fraction of sp³-hybridized carbons (Fsp3) is 0.533. The molecule has 118 valence electrons. The maximum atomic E-state index is 12.3. The summed E-state index contributed by atoms with van der Waals surface area (Å²) in [6, 6.07) is 5.00. The second-order valence-corrected chi connectivity index (χ2v) is 4.59. The van der Waals surface area contributed by atoms with Gasteiger partial charge in [-0.05, 0) is 25.1 Å². The lowest BCUT2D eigenvalue weighted by Gasteiger charge is -2.21. The van der Waals surface area contributed by atoms with Crippen molar-refractivity contribution < 1.29 is 24.1 Å². The summed E-state index contributed by atoms with van der Waals surface area (Å²) >= 11 is 0. The zero-order valence-corrected chi connectivity index (χ0v) is 13.0. The van der Waals surface area contributed by atoms with Gasteiger partial charge in [0, 0.05) is 26.3 Å². The number of aliphatic hydroxyl groups excluding tert-OH is 1. The van der Waals surface area contributed by atoms with Crippen LogP contribution in [0.1, 0.15) is 17.3 Å². The van der Waals surface area contributed by atoms with Crippen LogP contribution in [0.2, 0.25) is 0 Å². The molecule has 21 heavy (non-hydrogen) atoms. The van der Waals surface area contributed by atoms with E-state index in [1.165, 1.54) is 12.0 Å². The van der Waals surface area contributed by atoms with E-state index in [2.05, 4.69) is 0 Å². The van der Waals surface area contributed by atoms with Gasteiger partial charge in [-0.3, -0.25) is 4.79 Å². The van der Waals surface area contributed by atoms with Crippen molar-refractivity contribution in [2.75, 3.05) is 41.0 Å².